The first-order valence-corrected chi connectivity index (χ1v) is 6.23. The number of fused-ring (bicyclic) bond motifs is 1. The van der Waals surface area contributed by atoms with Crippen LogP contribution in [0.5, 0.6) is 0 Å². The Balaban J connectivity index is 1.83. The van der Waals surface area contributed by atoms with E-state index >= 15 is 0 Å². The maximum Gasteiger partial charge on any atom is 0.358 e. The first-order chi connectivity index (χ1) is 10.1. The van der Waals surface area contributed by atoms with Gasteiger partial charge in [0.2, 0.25) is 0 Å². The summed E-state index contributed by atoms with van der Waals surface area (Å²) in [6.45, 7) is 0.666. The SMILES string of the molecule is O=C(O)c1cn(CCn2cnc3ccccc3c2=O)nn1. The smallest absolute Gasteiger partial charge is 0.358 e. The molecule has 106 valence electrons. The van der Waals surface area contributed by atoms with Gasteiger partial charge in [-0.2, -0.15) is 0 Å². The molecular formula is C13H11N5O3. The van der Waals surface area contributed by atoms with Crippen LogP contribution in [-0.2, 0) is 13.1 Å². The number of aryl methyl sites for hydroxylation is 2. The third-order valence-electron chi connectivity index (χ3n) is 3.06. The third-order valence-corrected chi connectivity index (χ3v) is 3.06. The quantitative estimate of drug-likeness (QED) is 0.743. The molecule has 0 fully saturated rings. The zero-order valence-corrected chi connectivity index (χ0v) is 10.9. The number of carboxylic acid groups (broad SMARTS) is 1. The van der Waals surface area contributed by atoms with E-state index in [1.807, 2.05) is 6.07 Å². The summed E-state index contributed by atoms with van der Waals surface area (Å²) in [7, 11) is 0. The molecule has 0 aliphatic heterocycles. The highest BCUT2D eigenvalue weighted by Gasteiger charge is 2.08. The molecular weight excluding hydrogens is 274 g/mol. The summed E-state index contributed by atoms with van der Waals surface area (Å²) in [5, 5.41) is 16.5. The van der Waals surface area contributed by atoms with Crippen LogP contribution in [0, 0.1) is 0 Å². The van der Waals surface area contributed by atoms with E-state index in [2.05, 4.69) is 15.3 Å². The van der Waals surface area contributed by atoms with Crippen molar-refractivity contribution >= 4 is 16.9 Å². The van der Waals surface area contributed by atoms with Crippen LogP contribution >= 0.6 is 0 Å². The van der Waals surface area contributed by atoms with Crippen molar-refractivity contribution in [2.24, 2.45) is 0 Å². The molecule has 2 aromatic heterocycles. The van der Waals surface area contributed by atoms with E-state index in [9.17, 15) is 9.59 Å². The number of benzene rings is 1. The van der Waals surface area contributed by atoms with E-state index in [-0.39, 0.29) is 11.3 Å². The fourth-order valence-corrected chi connectivity index (χ4v) is 1.98. The van der Waals surface area contributed by atoms with Crippen LogP contribution in [0.25, 0.3) is 10.9 Å². The lowest BCUT2D eigenvalue weighted by Crippen LogP contribution is -2.23. The highest BCUT2D eigenvalue weighted by molar-refractivity contribution is 5.84. The van der Waals surface area contributed by atoms with Crippen molar-refractivity contribution < 1.29 is 9.90 Å². The highest BCUT2D eigenvalue weighted by Crippen LogP contribution is 2.04. The van der Waals surface area contributed by atoms with Crippen LogP contribution in [0.1, 0.15) is 10.5 Å². The Kier molecular flexibility index (Phi) is 3.19. The van der Waals surface area contributed by atoms with E-state index in [1.54, 1.807) is 18.2 Å². The van der Waals surface area contributed by atoms with E-state index in [1.165, 1.54) is 21.8 Å². The summed E-state index contributed by atoms with van der Waals surface area (Å²) >= 11 is 0. The minimum atomic E-state index is -1.13. The van der Waals surface area contributed by atoms with Crippen molar-refractivity contribution in [2.45, 2.75) is 13.1 Å². The average molecular weight is 285 g/mol. The van der Waals surface area contributed by atoms with Crippen molar-refractivity contribution in [2.75, 3.05) is 0 Å². The van der Waals surface area contributed by atoms with Gasteiger partial charge < -0.3 is 5.11 Å². The maximum absolute atomic E-state index is 12.2. The Hall–Kier alpha value is -3.03. The molecule has 0 bridgehead atoms. The number of para-hydroxylation sites is 1. The molecule has 0 saturated carbocycles. The van der Waals surface area contributed by atoms with Gasteiger partial charge in [0.25, 0.3) is 5.56 Å². The summed E-state index contributed by atoms with van der Waals surface area (Å²) in [6.07, 6.45) is 2.79. The molecule has 0 spiro atoms. The second kappa shape index (κ2) is 5.16. The number of hydrogen-bond donors (Lipinski definition) is 1. The van der Waals surface area contributed by atoms with Crippen LogP contribution in [0.2, 0.25) is 0 Å². The van der Waals surface area contributed by atoms with Gasteiger partial charge in [-0.1, -0.05) is 17.3 Å². The van der Waals surface area contributed by atoms with Gasteiger partial charge in [0.1, 0.15) is 0 Å². The van der Waals surface area contributed by atoms with Gasteiger partial charge in [-0.3, -0.25) is 9.36 Å². The number of aromatic carboxylic acids is 1. The number of rotatable bonds is 4. The van der Waals surface area contributed by atoms with Crippen molar-refractivity contribution in [1.29, 1.82) is 0 Å². The predicted octanol–water partition coefficient (Wildman–Crippen LogP) is 0.386. The van der Waals surface area contributed by atoms with Crippen LogP contribution < -0.4 is 5.56 Å². The Labute approximate surface area is 118 Å². The summed E-state index contributed by atoms with van der Waals surface area (Å²) in [4.78, 5) is 27.2. The fourth-order valence-electron chi connectivity index (χ4n) is 1.98. The van der Waals surface area contributed by atoms with Crippen LogP contribution in [0.4, 0.5) is 0 Å². The van der Waals surface area contributed by atoms with Crippen molar-refractivity contribution in [3.05, 3.63) is 52.8 Å². The van der Waals surface area contributed by atoms with E-state index in [0.717, 1.165) is 0 Å². The molecule has 0 aliphatic carbocycles. The largest absolute Gasteiger partial charge is 0.476 e. The highest BCUT2D eigenvalue weighted by atomic mass is 16.4. The number of hydrogen-bond acceptors (Lipinski definition) is 5. The van der Waals surface area contributed by atoms with Gasteiger partial charge in [0.15, 0.2) is 5.69 Å². The Bertz CT molecular complexity index is 867. The molecule has 0 aliphatic rings. The summed E-state index contributed by atoms with van der Waals surface area (Å²) in [5.74, 6) is -1.13. The first kappa shape index (κ1) is 13.0. The van der Waals surface area contributed by atoms with Gasteiger partial charge in [-0.15, -0.1) is 5.10 Å². The molecule has 8 heteroatoms. The standard InChI is InChI=1S/C13H11N5O3/c19-12-9-3-1-2-4-10(9)14-8-17(12)5-6-18-7-11(13(20)21)15-16-18/h1-4,7-8H,5-6H2,(H,20,21). The lowest BCUT2D eigenvalue weighted by molar-refractivity contribution is 0.0690. The molecule has 8 nitrogen and oxygen atoms in total. The molecule has 0 unspecified atom stereocenters. The molecule has 0 atom stereocenters. The lowest BCUT2D eigenvalue weighted by atomic mass is 10.2. The Morgan fingerprint density at radius 3 is 2.81 bits per heavy atom. The monoisotopic (exact) mass is 285 g/mol. The lowest BCUT2D eigenvalue weighted by Gasteiger charge is -2.06. The minimum Gasteiger partial charge on any atom is -0.476 e. The van der Waals surface area contributed by atoms with Crippen molar-refractivity contribution in [1.82, 2.24) is 24.5 Å². The van der Waals surface area contributed by atoms with E-state index in [4.69, 9.17) is 5.11 Å². The van der Waals surface area contributed by atoms with Gasteiger partial charge >= 0.3 is 5.97 Å². The fraction of sp³-hybridized carbons (Fsp3) is 0.154. The normalized spacial score (nSPS) is 10.9. The number of carboxylic acids is 1. The van der Waals surface area contributed by atoms with Crippen LogP contribution in [0.3, 0.4) is 0 Å². The number of carbonyl (C=O) groups is 1. The Morgan fingerprint density at radius 1 is 1.24 bits per heavy atom. The number of nitrogens with zero attached hydrogens (tertiary/aromatic N) is 5. The van der Waals surface area contributed by atoms with Gasteiger partial charge in [0.05, 0.1) is 30.0 Å². The molecule has 1 N–H and O–H groups in total. The van der Waals surface area contributed by atoms with E-state index < -0.39 is 5.97 Å². The Morgan fingerprint density at radius 2 is 2.05 bits per heavy atom. The first-order valence-electron chi connectivity index (χ1n) is 6.23. The molecule has 1 aromatic carbocycles. The van der Waals surface area contributed by atoms with Crippen LogP contribution in [-0.4, -0.2) is 35.6 Å². The molecule has 0 saturated heterocycles. The third kappa shape index (κ3) is 2.50. The summed E-state index contributed by atoms with van der Waals surface area (Å²) in [5.41, 5.74) is 0.380. The molecule has 2 heterocycles. The average Bonchev–Trinajstić information content (AvgIpc) is 2.96. The topological polar surface area (TPSA) is 103 Å². The van der Waals surface area contributed by atoms with Crippen LogP contribution in [0.15, 0.2) is 41.6 Å². The molecule has 0 amide bonds. The predicted molar refractivity (Wildman–Crippen MR) is 73.0 cm³/mol. The number of aromatic nitrogens is 5. The zero-order valence-electron chi connectivity index (χ0n) is 10.9. The minimum absolute atomic E-state index is 0.126. The molecule has 21 heavy (non-hydrogen) atoms. The van der Waals surface area contributed by atoms with Crippen molar-refractivity contribution in [3.63, 3.8) is 0 Å². The van der Waals surface area contributed by atoms with E-state index in [0.29, 0.717) is 24.0 Å². The molecule has 3 aromatic rings. The summed E-state index contributed by atoms with van der Waals surface area (Å²) in [6, 6.07) is 7.10. The molecule has 3 rings (SSSR count). The summed E-state index contributed by atoms with van der Waals surface area (Å²) < 4.78 is 2.84. The zero-order chi connectivity index (χ0) is 14.8. The molecule has 0 radical (unpaired) electrons. The van der Waals surface area contributed by atoms with Crippen molar-refractivity contribution in [3.8, 4) is 0 Å². The second-order valence-electron chi connectivity index (χ2n) is 4.43. The second-order valence-corrected chi connectivity index (χ2v) is 4.43. The van der Waals surface area contributed by atoms with Gasteiger partial charge in [-0.05, 0) is 12.1 Å². The van der Waals surface area contributed by atoms with Gasteiger partial charge in [0, 0.05) is 6.54 Å². The van der Waals surface area contributed by atoms with Gasteiger partial charge in [-0.25, -0.2) is 14.5 Å². The maximum atomic E-state index is 12.2.